The number of aryl methyl sites for hydroxylation is 2. The molecule has 0 bridgehead atoms. The van der Waals surface area contributed by atoms with Crippen LogP contribution in [0.25, 0.3) is 0 Å². The van der Waals surface area contributed by atoms with E-state index in [0.29, 0.717) is 31.0 Å². The predicted molar refractivity (Wildman–Crippen MR) is 98.0 cm³/mol. The van der Waals surface area contributed by atoms with E-state index in [1.54, 1.807) is 0 Å². The predicted octanol–water partition coefficient (Wildman–Crippen LogP) is 2.99. The third-order valence-electron chi connectivity index (χ3n) is 4.93. The fourth-order valence-electron chi connectivity index (χ4n) is 3.56. The number of aromatic amines is 1. The van der Waals surface area contributed by atoms with Gasteiger partial charge in [0.1, 0.15) is 0 Å². The molecule has 0 aliphatic carbocycles. The summed E-state index contributed by atoms with van der Waals surface area (Å²) < 4.78 is 0. The van der Waals surface area contributed by atoms with Crippen LogP contribution in [0.3, 0.4) is 0 Å². The highest BCUT2D eigenvalue weighted by atomic mass is 35.5. The fourth-order valence-corrected chi connectivity index (χ4v) is 3.85. The van der Waals surface area contributed by atoms with E-state index >= 15 is 0 Å². The van der Waals surface area contributed by atoms with Crippen LogP contribution in [-0.4, -0.2) is 33.9 Å². The minimum absolute atomic E-state index is 0.138. The Balaban J connectivity index is 1.62. The second-order valence-electron chi connectivity index (χ2n) is 6.58. The molecule has 1 atom stereocenters. The molecule has 6 heteroatoms. The standard InChI is InChI=1S/C19H22ClN3O2/c1-12-15(13(2)22-19(25)21-12)7-8-18(24)23-10-9-14(11-23)16-5-3-4-6-17(16)20/h3-6,14H,7-11H2,1-2H3,(H,21,22,25)/t14-/m0/s1. The quantitative estimate of drug-likeness (QED) is 0.912. The number of nitrogens with one attached hydrogen (secondary N) is 1. The van der Waals surface area contributed by atoms with Gasteiger partial charge in [-0.2, -0.15) is 4.98 Å². The Bertz CT molecular complexity index is 821. The zero-order valence-electron chi connectivity index (χ0n) is 14.5. The molecule has 1 N–H and O–H groups in total. The topological polar surface area (TPSA) is 66.1 Å². The van der Waals surface area contributed by atoms with E-state index in [-0.39, 0.29) is 11.6 Å². The van der Waals surface area contributed by atoms with Gasteiger partial charge in [0.25, 0.3) is 0 Å². The Hall–Kier alpha value is -2.14. The molecule has 1 aliphatic heterocycles. The molecule has 132 valence electrons. The Morgan fingerprint density at radius 2 is 2.12 bits per heavy atom. The molecule has 0 unspecified atom stereocenters. The SMILES string of the molecule is Cc1nc(=O)[nH]c(C)c1CCC(=O)N1CC[C@H](c2ccccc2Cl)C1. The molecule has 5 nitrogen and oxygen atoms in total. The van der Waals surface area contributed by atoms with E-state index in [2.05, 4.69) is 9.97 Å². The highest BCUT2D eigenvalue weighted by Gasteiger charge is 2.28. The molecule has 1 aliphatic rings. The molecule has 0 saturated carbocycles. The summed E-state index contributed by atoms with van der Waals surface area (Å²) in [5.41, 5.74) is 3.23. The molecule has 1 amide bonds. The van der Waals surface area contributed by atoms with Crippen LogP contribution in [0.2, 0.25) is 5.02 Å². The van der Waals surface area contributed by atoms with Crippen LogP contribution in [0.1, 0.15) is 41.3 Å². The van der Waals surface area contributed by atoms with Crippen molar-refractivity contribution >= 4 is 17.5 Å². The van der Waals surface area contributed by atoms with E-state index in [9.17, 15) is 9.59 Å². The van der Waals surface area contributed by atoms with Crippen molar-refractivity contribution in [3.63, 3.8) is 0 Å². The van der Waals surface area contributed by atoms with Crippen LogP contribution in [0.4, 0.5) is 0 Å². The highest BCUT2D eigenvalue weighted by molar-refractivity contribution is 6.31. The lowest BCUT2D eigenvalue weighted by Crippen LogP contribution is -2.29. The van der Waals surface area contributed by atoms with Crippen LogP contribution in [0, 0.1) is 13.8 Å². The van der Waals surface area contributed by atoms with Crippen LogP contribution in [0.5, 0.6) is 0 Å². The molecule has 2 aromatic rings. The van der Waals surface area contributed by atoms with Gasteiger partial charge in [0.15, 0.2) is 0 Å². The number of carbonyl (C=O) groups excluding carboxylic acids is 1. The molecule has 1 aromatic heterocycles. The van der Waals surface area contributed by atoms with Gasteiger partial charge in [-0.05, 0) is 43.9 Å². The molecule has 1 aromatic carbocycles. The number of hydrogen-bond acceptors (Lipinski definition) is 3. The summed E-state index contributed by atoms with van der Waals surface area (Å²) in [4.78, 5) is 32.5. The fraction of sp³-hybridized carbons (Fsp3) is 0.421. The van der Waals surface area contributed by atoms with Crippen molar-refractivity contribution in [3.05, 3.63) is 62.3 Å². The average Bonchev–Trinajstić information content (AvgIpc) is 3.04. The van der Waals surface area contributed by atoms with Gasteiger partial charge in [0.2, 0.25) is 5.91 Å². The van der Waals surface area contributed by atoms with Crippen molar-refractivity contribution in [2.45, 2.75) is 39.0 Å². The summed E-state index contributed by atoms with van der Waals surface area (Å²) in [5.74, 6) is 0.440. The largest absolute Gasteiger partial charge is 0.345 e. The second-order valence-corrected chi connectivity index (χ2v) is 6.98. The van der Waals surface area contributed by atoms with E-state index in [1.165, 1.54) is 0 Å². The third kappa shape index (κ3) is 3.93. The number of rotatable bonds is 4. The molecule has 0 spiro atoms. The Morgan fingerprint density at radius 3 is 2.84 bits per heavy atom. The Kier molecular flexibility index (Phi) is 5.23. The molecule has 1 saturated heterocycles. The summed E-state index contributed by atoms with van der Waals surface area (Å²) in [7, 11) is 0. The van der Waals surface area contributed by atoms with Gasteiger partial charge in [-0.3, -0.25) is 4.79 Å². The van der Waals surface area contributed by atoms with E-state index in [1.807, 2.05) is 43.0 Å². The van der Waals surface area contributed by atoms with Gasteiger partial charge in [0.05, 0.1) is 0 Å². The first-order valence-corrected chi connectivity index (χ1v) is 8.92. The number of amides is 1. The lowest BCUT2D eigenvalue weighted by Gasteiger charge is -2.18. The highest BCUT2D eigenvalue weighted by Crippen LogP contribution is 2.32. The Labute approximate surface area is 152 Å². The molecular formula is C19H22ClN3O2. The first kappa shape index (κ1) is 17.7. The zero-order valence-corrected chi connectivity index (χ0v) is 15.3. The number of nitrogens with zero attached hydrogens (tertiary/aromatic N) is 2. The van der Waals surface area contributed by atoms with Gasteiger partial charge in [-0.1, -0.05) is 29.8 Å². The molecule has 1 fully saturated rings. The van der Waals surface area contributed by atoms with Crippen molar-refractivity contribution in [3.8, 4) is 0 Å². The lowest BCUT2D eigenvalue weighted by atomic mass is 9.98. The number of H-pyrrole nitrogens is 1. The summed E-state index contributed by atoms with van der Waals surface area (Å²) in [6, 6.07) is 7.85. The number of benzene rings is 1. The summed E-state index contributed by atoms with van der Waals surface area (Å²) in [6.07, 6.45) is 1.95. The number of carbonyl (C=O) groups is 1. The van der Waals surface area contributed by atoms with E-state index in [4.69, 9.17) is 11.6 Å². The van der Waals surface area contributed by atoms with Crippen molar-refractivity contribution in [1.29, 1.82) is 0 Å². The molecule has 2 heterocycles. The zero-order chi connectivity index (χ0) is 18.0. The van der Waals surface area contributed by atoms with Crippen LogP contribution < -0.4 is 5.69 Å². The van der Waals surface area contributed by atoms with Crippen LogP contribution in [-0.2, 0) is 11.2 Å². The van der Waals surface area contributed by atoms with Gasteiger partial charge in [0, 0.05) is 41.8 Å². The smallest absolute Gasteiger partial charge is 0.342 e. The van der Waals surface area contributed by atoms with Gasteiger partial charge >= 0.3 is 5.69 Å². The van der Waals surface area contributed by atoms with E-state index < -0.39 is 0 Å². The Morgan fingerprint density at radius 1 is 1.36 bits per heavy atom. The maximum atomic E-state index is 12.6. The third-order valence-corrected chi connectivity index (χ3v) is 5.27. The summed E-state index contributed by atoms with van der Waals surface area (Å²) in [5, 5.41) is 0.771. The van der Waals surface area contributed by atoms with E-state index in [0.717, 1.165) is 34.8 Å². The normalized spacial score (nSPS) is 17.1. The summed E-state index contributed by atoms with van der Waals surface area (Å²) >= 11 is 6.28. The van der Waals surface area contributed by atoms with Gasteiger partial charge < -0.3 is 9.88 Å². The lowest BCUT2D eigenvalue weighted by molar-refractivity contribution is -0.130. The van der Waals surface area contributed by atoms with Crippen LogP contribution >= 0.6 is 11.6 Å². The monoisotopic (exact) mass is 359 g/mol. The van der Waals surface area contributed by atoms with Crippen molar-refractivity contribution in [1.82, 2.24) is 14.9 Å². The molecule has 3 rings (SSSR count). The molecular weight excluding hydrogens is 338 g/mol. The van der Waals surface area contributed by atoms with Crippen molar-refractivity contribution in [2.24, 2.45) is 0 Å². The molecule has 25 heavy (non-hydrogen) atoms. The van der Waals surface area contributed by atoms with Crippen molar-refractivity contribution in [2.75, 3.05) is 13.1 Å². The van der Waals surface area contributed by atoms with Crippen LogP contribution in [0.15, 0.2) is 29.1 Å². The number of likely N-dealkylation sites (tertiary alicyclic amines) is 1. The number of aromatic nitrogens is 2. The second kappa shape index (κ2) is 7.40. The first-order chi connectivity index (χ1) is 12.0. The number of hydrogen-bond donors (Lipinski definition) is 1. The molecule has 0 radical (unpaired) electrons. The minimum Gasteiger partial charge on any atom is -0.342 e. The minimum atomic E-state index is -0.341. The van der Waals surface area contributed by atoms with Gasteiger partial charge in [-0.25, -0.2) is 4.79 Å². The number of halogens is 1. The maximum absolute atomic E-state index is 12.6. The maximum Gasteiger partial charge on any atom is 0.345 e. The first-order valence-electron chi connectivity index (χ1n) is 8.54. The van der Waals surface area contributed by atoms with Gasteiger partial charge in [-0.15, -0.1) is 0 Å². The van der Waals surface area contributed by atoms with Crippen molar-refractivity contribution < 1.29 is 4.79 Å². The average molecular weight is 360 g/mol. The summed E-state index contributed by atoms with van der Waals surface area (Å²) in [6.45, 7) is 5.13.